The fourth-order valence-corrected chi connectivity index (χ4v) is 1.64. The standard InChI is InChI=1S/C13H22N2O2/c1-8-6-11(10(3)17-8)9(2)15-12(16)13(4,5)7-14/h6,9H,7,14H2,1-5H3,(H,15,16). The van der Waals surface area contributed by atoms with E-state index >= 15 is 0 Å². The highest BCUT2D eigenvalue weighted by Crippen LogP contribution is 2.23. The fraction of sp³-hybridized carbons (Fsp3) is 0.615. The van der Waals surface area contributed by atoms with Crippen molar-refractivity contribution >= 4 is 5.91 Å². The van der Waals surface area contributed by atoms with Gasteiger partial charge in [0.1, 0.15) is 11.5 Å². The van der Waals surface area contributed by atoms with Gasteiger partial charge in [0, 0.05) is 12.1 Å². The number of carbonyl (C=O) groups is 1. The predicted octanol–water partition coefficient (Wildman–Crippen LogP) is 2.06. The van der Waals surface area contributed by atoms with Crippen molar-refractivity contribution in [3.05, 3.63) is 23.2 Å². The monoisotopic (exact) mass is 238 g/mol. The molecular formula is C13H22N2O2. The molecule has 1 unspecified atom stereocenters. The van der Waals surface area contributed by atoms with Gasteiger partial charge in [-0.3, -0.25) is 4.79 Å². The summed E-state index contributed by atoms with van der Waals surface area (Å²) in [5.41, 5.74) is 6.05. The number of hydrogen-bond donors (Lipinski definition) is 2. The molecule has 1 amide bonds. The maximum absolute atomic E-state index is 12.0. The van der Waals surface area contributed by atoms with Crippen molar-refractivity contribution in [1.82, 2.24) is 5.32 Å². The van der Waals surface area contributed by atoms with Gasteiger partial charge in [-0.15, -0.1) is 0 Å². The summed E-state index contributed by atoms with van der Waals surface area (Å²) < 4.78 is 5.45. The van der Waals surface area contributed by atoms with Gasteiger partial charge in [0.25, 0.3) is 0 Å². The lowest BCUT2D eigenvalue weighted by atomic mass is 9.92. The highest BCUT2D eigenvalue weighted by Gasteiger charge is 2.27. The van der Waals surface area contributed by atoms with Crippen molar-refractivity contribution in [3.63, 3.8) is 0 Å². The van der Waals surface area contributed by atoms with Crippen molar-refractivity contribution in [2.24, 2.45) is 11.1 Å². The second kappa shape index (κ2) is 4.92. The Hall–Kier alpha value is -1.29. The highest BCUT2D eigenvalue weighted by molar-refractivity contribution is 5.82. The summed E-state index contributed by atoms with van der Waals surface area (Å²) in [6.07, 6.45) is 0. The van der Waals surface area contributed by atoms with Crippen molar-refractivity contribution in [2.75, 3.05) is 6.54 Å². The molecule has 4 heteroatoms. The zero-order chi connectivity index (χ0) is 13.2. The molecule has 0 aliphatic rings. The molecule has 1 atom stereocenters. The largest absolute Gasteiger partial charge is 0.466 e. The van der Waals surface area contributed by atoms with E-state index in [9.17, 15) is 4.79 Å². The SMILES string of the molecule is Cc1cc(C(C)NC(=O)C(C)(C)CN)c(C)o1. The van der Waals surface area contributed by atoms with Crippen LogP contribution < -0.4 is 11.1 Å². The van der Waals surface area contributed by atoms with Crippen LogP contribution in [0.2, 0.25) is 0 Å². The molecule has 96 valence electrons. The van der Waals surface area contributed by atoms with Gasteiger partial charge in [0.15, 0.2) is 0 Å². The third kappa shape index (κ3) is 3.09. The molecule has 0 saturated heterocycles. The molecule has 4 nitrogen and oxygen atoms in total. The van der Waals surface area contributed by atoms with Gasteiger partial charge in [-0.2, -0.15) is 0 Å². The third-order valence-corrected chi connectivity index (χ3v) is 3.02. The van der Waals surface area contributed by atoms with E-state index in [1.54, 1.807) is 0 Å². The molecule has 1 aromatic heterocycles. The van der Waals surface area contributed by atoms with Gasteiger partial charge in [-0.25, -0.2) is 0 Å². The summed E-state index contributed by atoms with van der Waals surface area (Å²) >= 11 is 0. The van der Waals surface area contributed by atoms with Crippen LogP contribution in [0.3, 0.4) is 0 Å². The lowest BCUT2D eigenvalue weighted by Crippen LogP contribution is -2.42. The first-order valence-electron chi connectivity index (χ1n) is 5.86. The molecule has 1 aromatic rings. The maximum atomic E-state index is 12.0. The minimum absolute atomic E-state index is 0.0363. The highest BCUT2D eigenvalue weighted by atomic mass is 16.3. The number of carbonyl (C=O) groups excluding carboxylic acids is 1. The molecule has 0 aromatic carbocycles. The Labute approximate surface area is 103 Å². The van der Waals surface area contributed by atoms with Crippen LogP contribution in [-0.4, -0.2) is 12.5 Å². The first-order valence-corrected chi connectivity index (χ1v) is 5.86. The zero-order valence-electron chi connectivity index (χ0n) is 11.3. The summed E-state index contributed by atoms with van der Waals surface area (Å²) in [4.78, 5) is 12.0. The average Bonchev–Trinajstić information content (AvgIpc) is 2.57. The molecule has 0 fully saturated rings. The van der Waals surface area contributed by atoms with Crippen LogP contribution in [0.4, 0.5) is 0 Å². The summed E-state index contributed by atoms with van der Waals surface area (Å²) in [5.74, 6) is 1.67. The second-order valence-corrected chi connectivity index (χ2v) is 5.15. The predicted molar refractivity (Wildman–Crippen MR) is 67.6 cm³/mol. The first-order chi connectivity index (χ1) is 7.77. The number of rotatable bonds is 4. The summed E-state index contributed by atoms with van der Waals surface area (Å²) in [6.45, 7) is 9.75. The van der Waals surface area contributed by atoms with E-state index in [1.165, 1.54) is 0 Å². The lowest BCUT2D eigenvalue weighted by Gasteiger charge is -2.24. The Morgan fingerprint density at radius 2 is 2.12 bits per heavy atom. The Morgan fingerprint density at radius 1 is 1.53 bits per heavy atom. The molecular weight excluding hydrogens is 216 g/mol. The Morgan fingerprint density at radius 3 is 2.53 bits per heavy atom. The van der Waals surface area contributed by atoms with Crippen LogP contribution in [0.5, 0.6) is 0 Å². The molecule has 0 radical (unpaired) electrons. The maximum Gasteiger partial charge on any atom is 0.227 e. The summed E-state index contributed by atoms with van der Waals surface area (Å²) in [7, 11) is 0. The number of aryl methyl sites for hydroxylation is 2. The van der Waals surface area contributed by atoms with Crippen LogP contribution in [0.1, 0.15) is 43.9 Å². The normalized spacial score (nSPS) is 13.5. The van der Waals surface area contributed by atoms with E-state index in [1.807, 2.05) is 40.7 Å². The van der Waals surface area contributed by atoms with Crippen LogP contribution in [0.15, 0.2) is 10.5 Å². The minimum atomic E-state index is -0.541. The number of nitrogens with two attached hydrogens (primary N) is 1. The molecule has 0 spiro atoms. The van der Waals surface area contributed by atoms with Crippen molar-refractivity contribution in [2.45, 2.75) is 40.7 Å². The van der Waals surface area contributed by atoms with Crippen LogP contribution in [-0.2, 0) is 4.79 Å². The third-order valence-electron chi connectivity index (χ3n) is 3.02. The number of nitrogens with one attached hydrogen (secondary N) is 1. The summed E-state index contributed by atoms with van der Waals surface area (Å²) in [5, 5.41) is 2.96. The lowest BCUT2D eigenvalue weighted by molar-refractivity contribution is -0.129. The number of furan rings is 1. The smallest absolute Gasteiger partial charge is 0.227 e. The Kier molecular flexibility index (Phi) is 3.98. The average molecular weight is 238 g/mol. The quantitative estimate of drug-likeness (QED) is 0.843. The zero-order valence-corrected chi connectivity index (χ0v) is 11.3. The van der Waals surface area contributed by atoms with E-state index in [0.717, 1.165) is 17.1 Å². The van der Waals surface area contributed by atoms with Gasteiger partial charge in [0.05, 0.1) is 11.5 Å². The molecule has 1 heterocycles. The van der Waals surface area contributed by atoms with E-state index in [0.29, 0.717) is 6.54 Å². The van der Waals surface area contributed by atoms with E-state index in [2.05, 4.69) is 5.32 Å². The molecule has 3 N–H and O–H groups in total. The number of hydrogen-bond acceptors (Lipinski definition) is 3. The van der Waals surface area contributed by atoms with Crippen LogP contribution >= 0.6 is 0 Å². The van der Waals surface area contributed by atoms with Gasteiger partial charge < -0.3 is 15.5 Å². The Balaban J connectivity index is 2.77. The van der Waals surface area contributed by atoms with Crippen LogP contribution in [0, 0.1) is 19.3 Å². The molecule has 0 aliphatic carbocycles. The van der Waals surface area contributed by atoms with Gasteiger partial charge in [-0.1, -0.05) is 0 Å². The molecule has 0 saturated carbocycles. The van der Waals surface area contributed by atoms with E-state index in [-0.39, 0.29) is 11.9 Å². The van der Waals surface area contributed by atoms with Crippen molar-refractivity contribution in [1.29, 1.82) is 0 Å². The first kappa shape index (κ1) is 13.8. The summed E-state index contributed by atoms with van der Waals surface area (Å²) in [6, 6.07) is 1.89. The van der Waals surface area contributed by atoms with Crippen molar-refractivity contribution in [3.8, 4) is 0 Å². The van der Waals surface area contributed by atoms with Crippen molar-refractivity contribution < 1.29 is 9.21 Å². The van der Waals surface area contributed by atoms with Gasteiger partial charge in [-0.05, 0) is 40.7 Å². The number of amides is 1. The Bertz CT molecular complexity index is 408. The van der Waals surface area contributed by atoms with Gasteiger partial charge >= 0.3 is 0 Å². The van der Waals surface area contributed by atoms with E-state index < -0.39 is 5.41 Å². The second-order valence-electron chi connectivity index (χ2n) is 5.15. The molecule has 17 heavy (non-hydrogen) atoms. The minimum Gasteiger partial charge on any atom is -0.466 e. The molecule has 0 aliphatic heterocycles. The topological polar surface area (TPSA) is 68.3 Å². The fourth-order valence-electron chi connectivity index (χ4n) is 1.64. The van der Waals surface area contributed by atoms with Gasteiger partial charge in [0.2, 0.25) is 5.91 Å². The molecule has 1 rings (SSSR count). The molecule has 0 bridgehead atoms. The van der Waals surface area contributed by atoms with E-state index in [4.69, 9.17) is 10.2 Å². The van der Waals surface area contributed by atoms with Crippen LogP contribution in [0.25, 0.3) is 0 Å².